The van der Waals surface area contributed by atoms with Crippen molar-refractivity contribution in [3.05, 3.63) is 53.1 Å². The second kappa shape index (κ2) is 8.09. The van der Waals surface area contributed by atoms with E-state index in [9.17, 15) is 4.79 Å². The first kappa shape index (κ1) is 21.0. The van der Waals surface area contributed by atoms with Crippen LogP contribution >= 0.6 is 0 Å². The molecule has 0 unspecified atom stereocenters. The normalized spacial score (nSPS) is 13.8. The molecule has 0 fully saturated rings. The third-order valence-electron chi connectivity index (χ3n) is 5.48. The van der Waals surface area contributed by atoms with Gasteiger partial charge in [-0.25, -0.2) is 9.67 Å². The van der Waals surface area contributed by atoms with E-state index in [0.29, 0.717) is 25.6 Å². The van der Waals surface area contributed by atoms with E-state index in [1.54, 1.807) is 10.9 Å². The average Bonchev–Trinajstić information content (AvgIpc) is 3.11. The van der Waals surface area contributed by atoms with Gasteiger partial charge in [0.2, 0.25) is 11.8 Å². The zero-order valence-electron chi connectivity index (χ0n) is 18.7. The Morgan fingerprint density at radius 3 is 2.68 bits per heavy atom. The molecule has 31 heavy (non-hydrogen) atoms. The van der Waals surface area contributed by atoms with Crippen molar-refractivity contribution in [2.75, 3.05) is 6.54 Å². The van der Waals surface area contributed by atoms with Crippen molar-refractivity contribution in [3.63, 3.8) is 0 Å². The van der Waals surface area contributed by atoms with Gasteiger partial charge < -0.3 is 9.64 Å². The summed E-state index contributed by atoms with van der Waals surface area (Å²) in [5.74, 6) is 0.726. The molecule has 8 nitrogen and oxygen atoms in total. The van der Waals surface area contributed by atoms with Gasteiger partial charge in [-0.2, -0.15) is 0 Å². The zero-order valence-corrected chi connectivity index (χ0v) is 18.7. The molecule has 0 aliphatic carbocycles. The lowest BCUT2D eigenvalue weighted by Gasteiger charge is -2.33. The molecule has 3 aromatic rings. The van der Waals surface area contributed by atoms with Crippen LogP contribution in [-0.2, 0) is 31.4 Å². The summed E-state index contributed by atoms with van der Waals surface area (Å²) in [4.78, 5) is 23.3. The second-order valence-corrected chi connectivity index (χ2v) is 9.00. The molecule has 0 N–H and O–H groups in total. The van der Waals surface area contributed by atoms with E-state index in [4.69, 9.17) is 4.74 Å². The standard InChI is InChI=1S/C23H28N6O2/c1-15-6-7-17(11-24-15)21-19(28(5)27-26-21)14-31-20-10-16-8-9-29(13-18(16)12-25-20)22(30)23(2,3)4/h6-7,10-12H,8-9,13-14H2,1-5H3. The first-order chi connectivity index (χ1) is 14.7. The zero-order chi connectivity index (χ0) is 22.2. The van der Waals surface area contributed by atoms with Gasteiger partial charge in [0.25, 0.3) is 0 Å². The maximum absolute atomic E-state index is 12.6. The lowest BCUT2D eigenvalue weighted by molar-refractivity contribution is -0.140. The summed E-state index contributed by atoms with van der Waals surface area (Å²) in [5, 5.41) is 8.42. The van der Waals surface area contributed by atoms with E-state index < -0.39 is 0 Å². The van der Waals surface area contributed by atoms with Crippen LogP contribution in [0.4, 0.5) is 0 Å². The van der Waals surface area contributed by atoms with Gasteiger partial charge in [0, 0.05) is 55.3 Å². The molecule has 1 aliphatic heterocycles. The van der Waals surface area contributed by atoms with Crippen molar-refractivity contribution in [1.29, 1.82) is 0 Å². The Balaban J connectivity index is 1.47. The van der Waals surface area contributed by atoms with Gasteiger partial charge in [0.05, 0.1) is 0 Å². The van der Waals surface area contributed by atoms with Gasteiger partial charge in [-0.3, -0.25) is 9.78 Å². The van der Waals surface area contributed by atoms with Crippen molar-refractivity contribution >= 4 is 5.91 Å². The molecule has 4 rings (SSSR count). The summed E-state index contributed by atoms with van der Waals surface area (Å²) in [6.07, 6.45) is 4.41. The van der Waals surface area contributed by atoms with E-state index in [2.05, 4.69) is 20.3 Å². The highest BCUT2D eigenvalue weighted by Crippen LogP contribution is 2.27. The summed E-state index contributed by atoms with van der Waals surface area (Å²) in [6.45, 7) is 9.41. The van der Waals surface area contributed by atoms with Crippen LogP contribution in [0, 0.1) is 12.3 Å². The molecule has 0 atom stereocenters. The number of hydrogen-bond donors (Lipinski definition) is 0. The predicted octanol–water partition coefficient (Wildman–Crippen LogP) is 3.09. The highest BCUT2D eigenvalue weighted by atomic mass is 16.5. The van der Waals surface area contributed by atoms with Crippen molar-refractivity contribution in [2.24, 2.45) is 12.5 Å². The van der Waals surface area contributed by atoms with Crippen molar-refractivity contribution in [3.8, 4) is 17.1 Å². The molecule has 3 aromatic heterocycles. The summed E-state index contributed by atoms with van der Waals surface area (Å²) in [5.41, 5.74) is 5.33. The number of ether oxygens (including phenoxy) is 1. The highest BCUT2D eigenvalue weighted by molar-refractivity contribution is 5.81. The SMILES string of the molecule is Cc1ccc(-c2nnn(C)c2COc2cc3c(cn2)CN(C(=O)C(C)(C)C)CC3)cn1. The van der Waals surface area contributed by atoms with Crippen LogP contribution in [0.15, 0.2) is 30.6 Å². The predicted molar refractivity (Wildman–Crippen MR) is 116 cm³/mol. The number of carbonyl (C=O) groups is 1. The third kappa shape index (κ3) is 4.42. The molecule has 1 aliphatic rings. The molecule has 1 amide bonds. The molecule has 0 aromatic carbocycles. The van der Waals surface area contributed by atoms with Gasteiger partial charge in [-0.1, -0.05) is 26.0 Å². The minimum absolute atomic E-state index is 0.167. The molecule has 0 radical (unpaired) electrons. The number of aromatic nitrogens is 5. The molecule has 0 spiro atoms. The van der Waals surface area contributed by atoms with Crippen LogP contribution in [-0.4, -0.2) is 42.3 Å². The van der Waals surface area contributed by atoms with Gasteiger partial charge in [-0.15, -0.1) is 5.10 Å². The number of amides is 1. The quantitative estimate of drug-likeness (QED) is 0.645. The van der Waals surface area contributed by atoms with E-state index >= 15 is 0 Å². The summed E-state index contributed by atoms with van der Waals surface area (Å²) in [7, 11) is 1.85. The number of rotatable bonds is 4. The van der Waals surface area contributed by atoms with Crippen LogP contribution in [0.2, 0.25) is 0 Å². The van der Waals surface area contributed by atoms with E-state index in [-0.39, 0.29) is 11.3 Å². The molecule has 162 valence electrons. The van der Waals surface area contributed by atoms with E-state index in [1.807, 2.05) is 64.0 Å². The van der Waals surface area contributed by atoms with Crippen LogP contribution in [0.1, 0.15) is 43.3 Å². The van der Waals surface area contributed by atoms with E-state index in [0.717, 1.165) is 34.6 Å². The van der Waals surface area contributed by atoms with Crippen LogP contribution in [0.25, 0.3) is 11.3 Å². The number of carbonyl (C=O) groups excluding carboxylic acids is 1. The first-order valence-corrected chi connectivity index (χ1v) is 10.4. The number of fused-ring (bicyclic) bond motifs is 1. The van der Waals surface area contributed by atoms with Gasteiger partial charge >= 0.3 is 0 Å². The molecular formula is C23H28N6O2. The van der Waals surface area contributed by atoms with Crippen molar-refractivity contribution in [1.82, 2.24) is 29.9 Å². The minimum Gasteiger partial charge on any atom is -0.471 e. The molecule has 4 heterocycles. The maximum Gasteiger partial charge on any atom is 0.228 e. The van der Waals surface area contributed by atoms with Crippen LogP contribution in [0.3, 0.4) is 0 Å². The van der Waals surface area contributed by atoms with Gasteiger partial charge in [0.15, 0.2) is 0 Å². The van der Waals surface area contributed by atoms with E-state index in [1.165, 1.54) is 5.56 Å². The smallest absolute Gasteiger partial charge is 0.228 e. The number of aryl methyl sites for hydroxylation is 2. The first-order valence-electron chi connectivity index (χ1n) is 10.4. The van der Waals surface area contributed by atoms with Gasteiger partial charge in [-0.05, 0) is 36.6 Å². The Hall–Kier alpha value is -3.29. The fourth-order valence-electron chi connectivity index (χ4n) is 3.66. The highest BCUT2D eigenvalue weighted by Gasteiger charge is 2.30. The van der Waals surface area contributed by atoms with Crippen molar-refractivity contribution < 1.29 is 9.53 Å². The molecule has 0 saturated heterocycles. The Morgan fingerprint density at radius 1 is 1.16 bits per heavy atom. The van der Waals surface area contributed by atoms with Crippen LogP contribution in [0.5, 0.6) is 5.88 Å². The minimum atomic E-state index is -0.379. The number of pyridine rings is 2. The molecule has 8 heteroatoms. The average molecular weight is 421 g/mol. The lowest BCUT2D eigenvalue weighted by atomic mass is 9.92. The molecule has 0 saturated carbocycles. The lowest BCUT2D eigenvalue weighted by Crippen LogP contribution is -2.42. The monoisotopic (exact) mass is 420 g/mol. The Morgan fingerprint density at radius 2 is 1.97 bits per heavy atom. The largest absolute Gasteiger partial charge is 0.471 e. The van der Waals surface area contributed by atoms with Crippen LogP contribution < -0.4 is 4.74 Å². The summed E-state index contributed by atoms with van der Waals surface area (Å²) in [6, 6.07) is 5.91. The summed E-state index contributed by atoms with van der Waals surface area (Å²) < 4.78 is 7.71. The van der Waals surface area contributed by atoms with Crippen molar-refractivity contribution in [2.45, 2.75) is 47.3 Å². The topological polar surface area (TPSA) is 86.0 Å². The number of nitrogens with zero attached hydrogens (tertiary/aromatic N) is 6. The molecular weight excluding hydrogens is 392 g/mol. The summed E-state index contributed by atoms with van der Waals surface area (Å²) >= 11 is 0. The fraction of sp³-hybridized carbons (Fsp3) is 0.435. The second-order valence-electron chi connectivity index (χ2n) is 9.00. The Kier molecular flexibility index (Phi) is 5.47. The Bertz CT molecular complexity index is 1100. The molecule has 0 bridgehead atoms. The maximum atomic E-state index is 12.6. The third-order valence-corrected chi connectivity index (χ3v) is 5.48. The Labute approximate surface area is 182 Å². The van der Waals surface area contributed by atoms with Gasteiger partial charge in [0.1, 0.15) is 18.0 Å². The fourth-order valence-corrected chi connectivity index (χ4v) is 3.66. The number of hydrogen-bond acceptors (Lipinski definition) is 6.